The van der Waals surface area contributed by atoms with Gasteiger partial charge in [0.05, 0.1) is 5.69 Å². The zero-order chi connectivity index (χ0) is 15.1. The van der Waals surface area contributed by atoms with Gasteiger partial charge in [-0.15, -0.1) is 0 Å². The first-order chi connectivity index (χ1) is 10.2. The topological polar surface area (TPSA) is 52.6 Å². The fourth-order valence-corrected chi connectivity index (χ4v) is 2.52. The second kappa shape index (κ2) is 8.10. The van der Waals surface area contributed by atoms with Crippen LogP contribution in [0.3, 0.4) is 0 Å². The van der Waals surface area contributed by atoms with Gasteiger partial charge in [0.1, 0.15) is 5.82 Å². The Morgan fingerprint density at radius 1 is 1.33 bits per heavy atom. The molecule has 21 heavy (non-hydrogen) atoms. The van der Waals surface area contributed by atoms with Crippen molar-refractivity contribution in [3.05, 3.63) is 30.1 Å². The number of carbonyl (C=O) groups excluding carboxylic acids is 1. The van der Waals surface area contributed by atoms with E-state index in [1.165, 1.54) is 25.3 Å². The number of benzene rings is 1. The molecule has 4 nitrogen and oxygen atoms in total. The van der Waals surface area contributed by atoms with Crippen molar-refractivity contribution in [1.29, 1.82) is 0 Å². The van der Waals surface area contributed by atoms with Gasteiger partial charge in [-0.25, -0.2) is 4.39 Å². The summed E-state index contributed by atoms with van der Waals surface area (Å²) in [5.41, 5.74) is 0.230. The van der Waals surface area contributed by atoms with Crippen LogP contribution < -0.4 is 5.32 Å². The molecule has 0 radical (unpaired) electrons. The van der Waals surface area contributed by atoms with Crippen molar-refractivity contribution in [1.82, 2.24) is 4.90 Å². The van der Waals surface area contributed by atoms with E-state index in [-0.39, 0.29) is 18.2 Å². The second-order valence-corrected chi connectivity index (χ2v) is 5.48. The average Bonchev–Trinajstić information content (AvgIpc) is 2.42. The lowest BCUT2D eigenvalue weighted by Gasteiger charge is -2.37. The predicted octanol–water partition coefficient (Wildman–Crippen LogP) is 2.39. The van der Waals surface area contributed by atoms with Crippen LogP contribution in [0.4, 0.5) is 10.1 Å². The normalized spacial score (nSPS) is 15.0. The second-order valence-electron chi connectivity index (χ2n) is 5.48. The highest BCUT2D eigenvalue weighted by molar-refractivity contribution is 5.90. The minimum atomic E-state index is -0.415. The number of nitrogens with one attached hydrogen (secondary N) is 1. The molecule has 0 spiro atoms. The highest BCUT2D eigenvalue weighted by Crippen LogP contribution is 2.25. The highest BCUT2D eigenvalue weighted by atomic mass is 19.1. The van der Waals surface area contributed by atoms with Crippen molar-refractivity contribution >= 4 is 11.6 Å². The molecule has 0 atom stereocenters. The van der Waals surface area contributed by atoms with Crippen LogP contribution in [0.25, 0.3) is 0 Å². The molecule has 0 heterocycles. The molecule has 1 fully saturated rings. The van der Waals surface area contributed by atoms with Crippen molar-refractivity contribution in [2.24, 2.45) is 0 Å². The Balaban J connectivity index is 1.79. The minimum Gasteiger partial charge on any atom is -0.396 e. The van der Waals surface area contributed by atoms with E-state index < -0.39 is 5.82 Å². The number of aliphatic hydroxyl groups is 1. The van der Waals surface area contributed by atoms with Crippen molar-refractivity contribution in [2.75, 3.05) is 25.0 Å². The Kier molecular flexibility index (Phi) is 6.14. The zero-order valence-electron chi connectivity index (χ0n) is 12.2. The van der Waals surface area contributed by atoms with E-state index >= 15 is 0 Å². The van der Waals surface area contributed by atoms with Gasteiger partial charge in [0.25, 0.3) is 0 Å². The number of hydrogen-bond acceptors (Lipinski definition) is 3. The van der Waals surface area contributed by atoms with Gasteiger partial charge in [-0.1, -0.05) is 18.6 Å². The fraction of sp³-hybridized carbons (Fsp3) is 0.562. The molecule has 2 rings (SSSR count). The maximum Gasteiger partial charge on any atom is 0.225 e. The Morgan fingerprint density at radius 3 is 2.71 bits per heavy atom. The molecular formula is C16H23FN2O2. The van der Waals surface area contributed by atoms with Crippen LogP contribution in [0, 0.1) is 5.82 Å². The van der Waals surface area contributed by atoms with Gasteiger partial charge in [-0.05, 0) is 31.4 Å². The standard InChI is InChI=1S/C16H23FN2O2/c17-14-7-1-2-8-15(14)18-16(21)9-11-19(10-4-12-20)13-5-3-6-13/h1-2,7-8,13,20H,3-6,9-12H2,(H,18,21). The smallest absolute Gasteiger partial charge is 0.225 e. The Bertz CT molecular complexity index is 463. The van der Waals surface area contributed by atoms with Crippen LogP contribution in [0.5, 0.6) is 0 Å². The third kappa shape index (κ3) is 4.79. The van der Waals surface area contributed by atoms with E-state index in [0.717, 1.165) is 13.0 Å². The summed E-state index contributed by atoms with van der Waals surface area (Å²) in [5, 5.41) is 11.5. The van der Waals surface area contributed by atoms with E-state index in [1.807, 2.05) is 0 Å². The van der Waals surface area contributed by atoms with E-state index in [1.54, 1.807) is 18.2 Å². The van der Waals surface area contributed by atoms with Crippen LogP contribution >= 0.6 is 0 Å². The van der Waals surface area contributed by atoms with Gasteiger partial charge in [0.2, 0.25) is 5.91 Å². The van der Waals surface area contributed by atoms with E-state index in [9.17, 15) is 9.18 Å². The molecule has 1 saturated carbocycles. The number of carbonyl (C=O) groups is 1. The lowest BCUT2D eigenvalue weighted by molar-refractivity contribution is -0.116. The number of amides is 1. The fourth-order valence-electron chi connectivity index (χ4n) is 2.52. The molecule has 2 N–H and O–H groups in total. The summed E-state index contributed by atoms with van der Waals surface area (Å²) in [7, 11) is 0. The van der Waals surface area contributed by atoms with E-state index in [2.05, 4.69) is 10.2 Å². The van der Waals surface area contributed by atoms with Gasteiger partial charge >= 0.3 is 0 Å². The lowest BCUT2D eigenvalue weighted by atomic mass is 9.91. The number of aliphatic hydroxyl groups excluding tert-OH is 1. The summed E-state index contributed by atoms with van der Waals surface area (Å²) in [5.74, 6) is -0.588. The molecule has 5 heteroatoms. The van der Waals surface area contributed by atoms with E-state index in [4.69, 9.17) is 5.11 Å². The number of rotatable bonds is 8. The number of hydrogen-bond donors (Lipinski definition) is 2. The van der Waals surface area contributed by atoms with Crippen LogP contribution in [0.2, 0.25) is 0 Å². The highest BCUT2D eigenvalue weighted by Gasteiger charge is 2.24. The van der Waals surface area contributed by atoms with Gasteiger partial charge in [-0.3, -0.25) is 9.69 Å². The summed E-state index contributed by atoms with van der Waals surface area (Å²) in [4.78, 5) is 14.2. The zero-order valence-corrected chi connectivity index (χ0v) is 12.2. The van der Waals surface area contributed by atoms with Gasteiger partial charge in [0.15, 0.2) is 0 Å². The van der Waals surface area contributed by atoms with Crippen molar-refractivity contribution in [2.45, 2.75) is 38.1 Å². The summed E-state index contributed by atoms with van der Waals surface area (Å²) >= 11 is 0. The molecule has 0 bridgehead atoms. The molecule has 0 unspecified atom stereocenters. The van der Waals surface area contributed by atoms with Crippen molar-refractivity contribution in [3.8, 4) is 0 Å². The van der Waals surface area contributed by atoms with Crippen LogP contribution in [0.15, 0.2) is 24.3 Å². The summed E-state index contributed by atoms with van der Waals surface area (Å²) < 4.78 is 13.5. The molecule has 1 aromatic carbocycles. The molecule has 1 amide bonds. The molecule has 1 aliphatic rings. The van der Waals surface area contributed by atoms with E-state index in [0.29, 0.717) is 19.0 Å². The molecule has 0 aromatic heterocycles. The first-order valence-electron chi connectivity index (χ1n) is 7.60. The third-order valence-electron chi connectivity index (χ3n) is 3.97. The number of nitrogens with zero attached hydrogens (tertiary/aromatic N) is 1. The van der Waals surface area contributed by atoms with Gasteiger partial charge in [0, 0.05) is 32.2 Å². The number of halogens is 1. The first kappa shape index (κ1) is 15.9. The van der Waals surface area contributed by atoms with Crippen LogP contribution in [-0.4, -0.2) is 41.7 Å². The molecule has 0 aliphatic heterocycles. The average molecular weight is 294 g/mol. The van der Waals surface area contributed by atoms with Crippen LogP contribution in [0.1, 0.15) is 32.1 Å². The lowest BCUT2D eigenvalue weighted by Crippen LogP contribution is -2.42. The largest absolute Gasteiger partial charge is 0.396 e. The quantitative estimate of drug-likeness (QED) is 0.774. The molecular weight excluding hydrogens is 271 g/mol. The maximum absolute atomic E-state index is 13.5. The maximum atomic E-state index is 13.5. The number of para-hydroxylation sites is 1. The molecule has 1 aliphatic carbocycles. The monoisotopic (exact) mass is 294 g/mol. The van der Waals surface area contributed by atoms with Gasteiger partial charge in [-0.2, -0.15) is 0 Å². The molecule has 116 valence electrons. The summed E-state index contributed by atoms with van der Waals surface area (Å²) in [6.45, 7) is 1.64. The Labute approximate surface area is 125 Å². The molecule has 1 aromatic rings. The molecule has 0 saturated heterocycles. The summed E-state index contributed by atoms with van der Waals surface area (Å²) in [6, 6.07) is 6.72. The number of anilines is 1. The van der Waals surface area contributed by atoms with Crippen molar-refractivity contribution < 1.29 is 14.3 Å². The summed E-state index contributed by atoms with van der Waals surface area (Å²) in [6.07, 6.45) is 4.64. The van der Waals surface area contributed by atoms with Crippen molar-refractivity contribution in [3.63, 3.8) is 0 Å². The van der Waals surface area contributed by atoms with Gasteiger partial charge < -0.3 is 10.4 Å². The third-order valence-corrected chi connectivity index (χ3v) is 3.97. The first-order valence-corrected chi connectivity index (χ1v) is 7.60. The van der Waals surface area contributed by atoms with Crippen LogP contribution in [-0.2, 0) is 4.79 Å². The Morgan fingerprint density at radius 2 is 2.10 bits per heavy atom. The SMILES string of the molecule is O=C(CCN(CCCO)C1CCC1)Nc1ccccc1F. The minimum absolute atomic E-state index is 0.171. The predicted molar refractivity (Wildman–Crippen MR) is 80.6 cm³/mol. The Hall–Kier alpha value is -1.46.